The third kappa shape index (κ3) is 4.62. The molecule has 0 aliphatic rings. The minimum atomic E-state index is -0.116. The zero-order chi connectivity index (χ0) is 19.2. The summed E-state index contributed by atoms with van der Waals surface area (Å²) in [7, 11) is 0. The normalized spacial score (nSPS) is 10.7. The maximum atomic E-state index is 12.4. The molecule has 2 N–H and O–H groups in total. The maximum absolute atomic E-state index is 12.4. The number of pyridine rings is 1. The van der Waals surface area contributed by atoms with Crippen LogP contribution in [0.5, 0.6) is 0 Å². The lowest BCUT2D eigenvalue weighted by Crippen LogP contribution is -2.22. The smallest absolute Gasteiger partial charge is 0.251 e. The Kier molecular flexibility index (Phi) is 5.74. The van der Waals surface area contributed by atoms with E-state index in [0.717, 1.165) is 32.7 Å². The minimum Gasteiger partial charge on any atom is -0.346 e. The van der Waals surface area contributed by atoms with Crippen LogP contribution in [0.1, 0.15) is 20.9 Å². The van der Waals surface area contributed by atoms with Crippen LogP contribution >= 0.6 is 23.1 Å². The Bertz CT molecular complexity index is 1030. The number of thioether (sulfide) groups is 1. The van der Waals surface area contributed by atoms with Crippen molar-refractivity contribution in [2.45, 2.75) is 17.5 Å². The van der Waals surface area contributed by atoms with Crippen molar-refractivity contribution < 1.29 is 4.79 Å². The molecule has 4 rings (SSSR count). The van der Waals surface area contributed by atoms with E-state index >= 15 is 0 Å². The molecular formula is C19H16N6OS2. The van der Waals surface area contributed by atoms with Crippen LogP contribution in [0.4, 0.5) is 0 Å². The van der Waals surface area contributed by atoms with Crippen LogP contribution < -0.4 is 5.32 Å². The molecule has 9 heteroatoms. The molecule has 0 radical (unpaired) electrons. The molecule has 0 fully saturated rings. The van der Waals surface area contributed by atoms with Gasteiger partial charge < -0.3 is 5.32 Å². The van der Waals surface area contributed by atoms with Crippen molar-refractivity contribution in [1.82, 2.24) is 30.5 Å². The molecule has 0 saturated heterocycles. The van der Waals surface area contributed by atoms with Gasteiger partial charge >= 0.3 is 0 Å². The van der Waals surface area contributed by atoms with Gasteiger partial charge in [0.1, 0.15) is 11.3 Å². The predicted molar refractivity (Wildman–Crippen MR) is 109 cm³/mol. The first-order chi connectivity index (χ1) is 13.8. The van der Waals surface area contributed by atoms with Crippen molar-refractivity contribution in [1.29, 1.82) is 0 Å². The predicted octanol–water partition coefficient (Wildman–Crippen LogP) is 3.55. The van der Waals surface area contributed by atoms with Gasteiger partial charge in [0.2, 0.25) is 0 Å². The second-order valence-corrected chi connectivity index (χ2v) is 7.73. The topological polar surface area (TPSA) is 96.5 Å². The van der Waals surface area contributed by atoms with Crippen LogP contribution in [0.3, 0.4) is 0 Å². The van der Waals surface area contributed by atoms with E-state index in [2.05, 4.69) is 30.5 Å². The van der Waals surface area contributed by atoms with E-state index < -0.39 is 0 Å². The summed E-state index contributed by atoms with van der Waals surface area (Å²) in [6, 6.07) is 11.4. The molecule has 3 heterocycles. The molecule has 0 aliphatic heterocycles. The number of H-pyrrole nitrogens is 1. The fraction of sp³-hybridized carbons (Fsp3) is 0.105. The maximum Gasteiger partial charge on any atom is 0.251 e. The highest BCUT2D eigenvalue weighted by atomic mass is 32.2. The van der Waals surface area contributed by atoms with Gasteiger partial charge in [-0.1, -0.05) is 23.9 Å². The Morgan fingerprint density at radius 1 is 1.14 bits per heavy atom. The Labute approximate surface area is 169 Å². The molecule has 0 spiro atoms. The number of benzene rings is 1. The number of thiazole rings is 1. The van der Waals surface area contributed by atoms with E-state index in [4.69, 9.17) is 0 Å². The van der Waals surface area contributed by atoms with Crippen molar-refractivity contribution in [2.24, 2.45) is 0 Å². The molecule has 140 valence electrons. The number of carbonyl (C=O) groups excluding carboxylic acids is 1. The molecule has 0 aliphatic carbocycles. The molecule has 1 amide bonds. The Balaban J connectivity index is 1.31. The molecule has 0 atom stereocenters. The molecule has 3 aromatic heterocycles. The van der Waals surface area contributed by atoms with Crippen LogP contribution in [-0.4, -0.2) is 31.1 Å². The lowest BCUT2D eigenvalue weighted by molar-refractivity contribution is 0.0951. The van der Waals surface area contributed by atoms with Crippen molar-refractivity contribution >= 4 is 29.0 Å². The lowest BCUT2D eigenvalue weighted by atomic mass is 10.1. The molecule has 0 saturated carbocycles. The first-order valence-corrected chi connectivity index (χ1v) is 10.3. The average molecular weight is 409 g/mol. The third-order valence-corrected chi connectivity index (χ3v) is 5.71. The van der Waals surface area contributed by atoms with Gasteiger partial charge in [0, 0.05) is 34.7 Å². The van der Waals surface area contributed by atoms with Gasteiger partial charge in [-0.25, -0.2) is 9.97 Å². The van der Waals surface area contributed by atoms with Gasteiger partial charge in [-0.3, -0.25) is 14.9 Å². The third-order valence-electron chi connectivity index (χ3n) is 3.91. The molecule has 28 heavy (non-hydrogen) atoms. The molecule has 0 bridgehead atoms. The first-order valence-electron chi connectivity index (χ1n) is 8.48. The van der Waals surface area contributed by atoms with Crippen LogP contribution in [-0.2, 0) is 12.3 Å². The molecule has 4 aromatic rings. The van der Waals surface area contributed by atoms with Crippen molar-refractivity contribution in [2.75, 3.05) is 0 Å². The highest BCUT2D eigenvalue weighted by Crippen LogP contribution is 2.21. The number of aromatic amines is 1. The van der Waals surface area contributed by atoms with Gasteiger partial charge in [-0.15, -0.1) is 11.3 Å². The Morgan fingerprint density at radius 3 is 2.71 bits per heavy atom. The first kappa shape index (κ1) is 18.3. The van der Waals surface area contributed by atoms with E-state index in [0.29, 0.717) is 12.1 Å². The number of hydrogen-bond acceptors (Lipinski definition) is 7. The van der Waals surface area contributed by atoms with Crippen LogP contribution in [0.15, 0.2) is 65.7 Å². The standard InChI is InChI=1S/C19H16N6OS2/c26-18(15-3-1-13(2-4-15)10-28-19-22-12-23-25-19)21-9-17-24-16(11-27-17)14-5-7-20-8-6-14/h1-8,11-12H,9-10H2,(H,21,26)(H,22,23,25). The van der Waals surface area contributed by atoms with Crippen molar-refractivity contribution in [3.05, 3.63) is 76.6 Å². The number of nitrogens with one attached hydrogen (secondary N) is 2. The average Bonchev–Trinajstić information content (AvgIpc) is 3.44. The summed E-state index contributed by atoms with van der Waals surface area (Å²) in [6.45, 7) is 0.400. The van der Waals surface area contributed by atoms with Gasteiger partial charge in [-0.05, 0) is 29.8 Å². The largest absolute Gasteiger partial charge is 0.346 e. The quantitative estimate of drug-likeness (QED) is 0.454. The van der Waals surface area contributed by atoms with E-state index in [9.17, 15) is 4.79 Å². The molecular weight excluding hydrogens is 392 g/mol. The van der Waals surface area contributed by atoms with Gasteiger partial charge in [0.05, 0.1) is 12.2 Å². The number of amides is 1. The van der Waals surface area contributed by atoms with Gasteiger partial charge in [0.15, 0.2) is 5.16 Å². The summed E-state index contributed by atoms with van der Waals surface area (Å²) in [5.74, 6) is 0.642. The number of hydrogen-bond donors (Lipinski definition) is 2. The fourth-order valence-electron chi connectivity index (χ4n) is 2.47. The number of aromatic nitrogens is 5. The van der Waals surface area contributed by atoms with E-state index in [1.54, 1.807) is 24.2 Å². The van der Waals surface area contributed by atoms with E-state index in [1.165, 1.54) is 17.7 Å². The second kappa shape index (κ2) is 8.77. The summed E-state index contributed by atoms with van der Waals surface area (Å²) in [5.41, 5.74) is 3.65. The lowest BCUT2D eigenvalue weighted by Gasteiger charge is -2.05. The zero-order valence-corrected chi connectivity index (χ0v) is 16.3. The monoisotopic (exact) mass is 408 g/mol. The summed E-state index contributed by atoms with van der Waals surface area (Å²) in [4.78, 5) is 25.0. The highest BCUT2D eigenvalue weighted by molar-refractivity contribution is 7.98. The Morgan fingerprint density at radius 2 is 1.96 bits per heavy atom. The molecule has 7 nitrogen and oxygen atoms in total. The molecule has 1 aromatic carbocycles. The summed E-state index contributed by atoms with van der Waals surface area (Å²) in [5, 5.41) is 13.2. The van der Waals surface area contributed by atoms with Crippen molar-refractivity contribution in [3.8, 4) is 11.3 Å². The summed E-state index contributed by atoms with van der Waals surface area (Å²) < 4.78 is 0. The SMILES string of the molecule is O=C(NCc1nc(-c2ccncc2)cs1)c1ccc(CSc2ncn[nH]2)cc1. The zero-order valence-electron chi connectivity index (χ0n) is 14.7. The van der Waals surface area contributed by atoms with E-state index in [-0.39, 0.29) is 5.91 Å². The summed E-state index contributed by atoms with van der Waals surface area (Å²) >= 11 is 3.09. The Hall–Kier alpha value is -3.04. The second-order valence-electron chi connectivity index (χ2n) is 5.82. The van der Waals surface area contributed by atoms with Gasteiger partial charge in [0.25, 0.3) is 5.91 Å². The van der Waals surface area contributed by atoms with Crippen LogP contribution in [0.2, 0.25) is 0 Å². The number of carbonyl (C=O) groups is 1. The van der Waals surface area contributed by atoms with Crippen molar-refractivity contribution in [3.63, 3.8) is 0 Å². The summed E-state index contributed by atoms with van der Waals surface area (Å²) in [6.07, 6.45) is 4.96. The molecule has 0 unspecified atom stereocenters. The number of rotatable bonds is 7. The fourth-order valence-corrected chi connectivity index (χ4v) is 3.95. The highest BCUT2D eigenvalue weighted by Gasteiger charge is 2.09. The minimum absolute atomic E-state index is 0.116. The van der Waals surface area contributed by atoms with Crippen LogP contribution in [0.25, 0.3) is 11.3 Å². The van der Waals surface area contributed by atoms with E-state index in [1.807, 2.05) is 41.8 Å². The van der Waals surface area contributed by atoms with Gasteiger partial charge in [-0.2, -0.15) is 5.10 Å². The van der Waals surface area contributed by atoms with Crippen LogP contribution in [0, 0.1) is 0 Å². The number of nitrogens with zero attached hydrogens (tertiary/aromatic N) is 4.